The van der Waals surface area contributed by atoms with E-state index in [1.807, 2.05) is 60.1 Å². The van der Waals surface area contributed by atoms with Crippen LogP contribution in [0.2, 0.25) is 0 Å². The highest BCUT2D eigenvalue weighted by Crippen LogP contribution is 2.40. The van der Waals surface area contributed by atoms with E-state index in [1.54, 1.807) is 23.1 Å². The predicted octanol–water partition coefficient (Wildman–Crippen LogP) is 5.87. The van der Waals surface area contributed by atoms with Crippen LogP contribution in [0.4, 0.5) is 11.6 Å². The van der Waals surface area contributed by atoms with Gasteiger partial charge in [-0.15, -0.1) is 16.4 Å². The number of hydrogen-bond donors (Lipinski definition) is 2. The molecule has 5 rings (SSSR count). The Balaban J connectivity index is 1.49. The van der Waals surface area contributed by atoms with Crippen molar-refractivity contribution >= 4 is 40.6 Å². The molecule has 1 unspecified atom stereocenters. The van der Waals surface area contributed by atoms with E-state index in [-0.39, 0.29) is 11.9 Å². The van der Waals surface area contributed by atoms with Crippen LogP contribution in [-0.4, -0.2) is 20.7 Å². The van der Waals surface area contributed by atoms with Crippen LogP contribution in [0.3, 0.4) is 0 Å². The third kappa shape index (κ3) is 4.44. The van der Waals surface area contributed by atoms with Gasteiger partial charge in [0.1, 0.15) is 6.04 Å². The maximum absolute atomic E-state index is 13.5. The number of para-hydroxylation sites is 1. The van der Waals surface area contributed by atoms with Gasteiger partial charge in [-0.2, -0.15) is 4.98 Å². The van der Waals surface area contributed by atoms with Gasteiger partial charge in [0.15, 0.2) is 0 Å². The molecule has 1 amide bonds. The first-order valence-corrected chi connectivity index (χ1v) is 12.5. The Morgan fingerprint density at radius 1 is 1.09 bits per heavy atom. The van der Waals surface area contributed by atoms with Crippen molar-refractivity contribution in [3.63, 3.8) is 0 Å². The number of carbonyl (C=O) groups excluding carboxylic acids is 1. The fraction of sp³-hybridized carbons (Fsp3) is 0.160. The molecule has 4 aromatic rings. The lowest BCUT2D eigenvalue weighted by Crippen LogP contribution is -2.31. The summed E-state index contributed by atoms with van der Waals surface area (Å²) in [5, 5.41) is 13.9. The molecule has 0 saturated heterocycles. The molecule has 166 valence electrons. The molecule has 3 heterocycles. The molecule has 2 aromatic carbocycles. The number of carbonyl (C=O) groups is 1. The minimum Gasteiger partial charge on any atom is -0.328 e. The molecular formula is C25H23N5OS2. The first-order valence-electron chi connectivity index (χ1n) is 10.6. The third-order valence-electron chi connectivity index (χ3n) is 5.47. The summed E-state index contributed by atoms with van der Waals surface area (Å²) < 4.78 is 1.85. The molecule has 1 atom stereocenters. The van der Waals surface area contributed by atoms with Crippen molar-refractivity contribution in [1.82, 2.24) is 14.8 Å². The van der Waals surface area contributed by atoms with Crippen molar-refractivity contribution in [3.8, 4) is 0 Å². The lowest BCUT2D eigenvalue weighted by molar-refractivity contribution is -0.113. The second-order valence-electron chi connectivity index (χ2n) is 7.79. The number of thiophene rings is 1. The molecule has 6 nitrogen and oxygen atoms in total. The Morgan fingerprint density at radius 2 is 1.82 bits per heavy atom. The molecule has 33 heavy (non-hydrogen) atoms. The van der Waals surface area contributed by atoms with Gasteiger partial charge >= 0.3 is 0 Å². The smallest absolute Gasteiger partial charge is 0.255 e. The molecule has 1 aliphatic heterocycles. The summed E-state index contributed by atoms with van der Waals surface area (Å²) in [6, 6.07) is 21.5. The van der Waals surface area contributed by atoms with E-state index >= 15 is 0 Å². The standard InChI is InChI=1S/C25H23N5OS2/c1-16-13-14-32-22(16)21-20(23(31)27-19-11-7-4-8-12-19)17(2)26-24-28-25(29-30(21)24)33-15-18-9-5-3-6-10-18/h3-14,21H,15H2,1-2H3,(H,27,31)(H,26,28,29). The van der Waals surface area contributed by atoms with Gasteiger partial charge in [0, 0.05) is 22.0 Å². The quantitative estimate of drug-likeness (QED) is 0.343. The van der Waals surface area contributed by atoms with Crippen LogP contribution >= 0.6 is 23.1 Å². The Bertz CT molecular complexity index is 1310. The molecule has 2 N–H and O–H groups in total. The number of aromatic nitrogens is 3. The summed E-state index contributed by atoms with van der Waals surface area (Å²) in [5.74, 6) is 1.28. The van der Waals surface area contributed by atoms with Crippen LogP contribution in [0, 0.1) is 6.92 Å². The largest absolute Gasteiger partial charge is 0.328 e. The molecule has 2 aromatic heterocycles. The number of rotatable bonds is 6. The van der Waals surface area contributed by atoms with Gasteiger partial charge in [-0.25, -0.2) is 4.68 Å². The van der Waals surface area contributed by atoms with Crippen molar-refractivity contribution in [3.05, 3.63) is 99.4 Å². The number of allylic oxidation sites excluding steroid dienone is 1. The average Bonchev–Trinajstić information content (AvgIpc) is 3.43. The number of nitrogens with one attached hydrogen (secondary N) is 2. The van der Waals surface area contributed by atoms with Gasteiger partial charge in [0.2, 0.25) is 11.1 Å². The summed E-state index contributed by atoms with van der Waals surface area (Å²) in [6.07, 6.45) is 0. The second-order valence-corrected chi connectivity index (χ2v) is 9.68. The van der Waals surface area contributed by atoms with E-state index in [4.69, 9.17) is 10.1 Å². The fourth-order valence-electron chi connectivity index (χ4n) is 3.84. The van der Waals surface area contributed by atoms with Crippen LogP contribution in [0.25, 0.3) is 0 Å². The highest BCUT2D eigenvalue weighted by Gasteiger charge is 2.35. The summed E-state index contributed by atoms with van der Waals surface area (Å²) in [7, 11) is 0. The summed E-state index contributed by atoms with van der Waals surface area (Å²) in [5.41, 5.74) is 4.52. The number of hydrogen-bond acceptors (Lipinski definition) is 6. The van der Waals surface area contributed by atoms with Gasteiger partial charge < -0.3 is 10.6 Å². The van der Waals surface area contributed by atoms with Crippen LogP contribution < -0.4 is 10.6 Å². The minimum absolute atomic E-state index is 0.149. The monoisotopic (exact) mass is 473 g/mol. The van der Waals surface area contributed by atoms with Crippen molar-refractivity contribution in [2.75, 3.05) is 10.6 Å². The zero-order valence-electron chi connectivity index (χ0n) is 18.3. The van der Waals surface area contributed by atoms with Gasteiger partial charge in [-0.3, -0.25) is 4.79 Å². The Morgan fingerprint density at radius 3 is 2.52 bits per heavy atom. The number of nitrogens with zero attached hydrogens (tertiary/aromatic N) is 3. The van der Waals surface area contributed by atoms with Crippen LogP contribution in [0.15, 0.2) is 88.5 Å². The zero-order chi connectivity index (χ0) is 22.8. The molecule has 0 radical (unpaired) electrons. The normalized spacial score (nSPS) is 15.2. The SMILES string of the molecule is CC1=C(C(=O)Nc2ccccc2)C(c2sccc2C)n2nc(SCc3ccccc3)nc2N1. The highest BCUT2D eigenvalue weighted by atomic mass is 32.2. The fourth-order valence-corrected chi connectivity index (χ4v) is 5.64. The molecule has 0 spiro atoms. The van der Waals surface area contributed by atoms with E-state index in [2.05, 4.69) is 41.1 Å². The zero-order valence-corrected chi connectivity index (χ0v) is 19.9. The summed E-state index contributed by atoms with van der Waals surface area (Å²) in [6.45, 7) is 3.99. The predicted molar refractivity (Wildman–Crippen MR) is 135 cm³/mol. The lowest BCUT2D eigenvalue weighted by Gasteiger charge is -2.28. The summed E-state index contributed by atoms with van der Waals surface area (Å²) >= 11 is 3.22. The van der Waals surface area contributed by atoms with E-state index in [1.165, 1.54) is 5.56 Å². The molecule has 0 bridgehead atoms. The van der Waals surface area contributed by atoms with Crippen molar-refractivity contribution in [1.29, 1.82) is 0 Å². The van der Waals surface area contributed by atoms with Gasteiger partial charge in [0.25, 0.3) is 5.91 Å². The minimum atomic E-state index is -0.344. The third-order valence-corrected chi connectivity index (χ3v) is 7.45. The first-order chi connectivity index (χ1) is 16.1. The summed E-state index contributed by atoms with van der Waals surface area (Å²) in [4.78, 5) is 19.3. The van der Waals surface area contributed by atoms with Gasteiger partial charge in [0.05, 0.1) is 5.57 Å². The lowest BCUT2D eigenvalue weighted by atomic mass is 9.99. The molecule has 1 aliphatic rings. The van der Waals surface area contributed by atoms with Gasteiger partial charge in [-0.1, -0.05) is 60.3 Å². The number of thioether (sulfide) groups is 1. The van der Waals surface area contributed by atoms with Crippen molar-refractivity contribution in [2.24, 2.45) is 0 Å². The van der Waals surface area contributed by atoms with Crippen molar-refractivity contribution < 1.29 is 4.79 Å². The molecule has 0 saturated carbocycles. The highest BCUT2D eigenvalue weighted by molar-refractivity contribution is 7.98. The van der Waals surface area contributed by atoms with Crippen LogP contribution in [0.1, 0.15) is 29.0 Å². The maximum atomic E-state index is 13.5. The van der Waals surface area contributed by atoms with E-state index in [0.29, 0.717) is 16.7 Å². The first kappa shape index (κ1) is 21.5. The molecule has 0 fully saturated rings. The van der Waals surface area contributed by atoms with Gasteiger partial charge in [-0.05, 0) is 48.6 Å². The topological polar surface area (TPSA) is 71.8 Å². The Labute approximate surface area is 200 Å². The van der Waals surface area contributed by atoms with Crippen LogP contribution in [-0.2, 0) is 10.5 Å². The number of anilines is 2. The molecular weight excluding hydrogens is 450 g/mol. The maximum Gasteiger partial charge on any atom is 0.255 e. The molecule has 0 aliphatic carbocycles. The number of benzene rings is 2. The Hall–Kier alpha value is -3.36. The van der Waals surface area contributed by atoms with E-state index < -0.39 is 0 Å². The second kappa shape index (κ2) is 9.25. The van der Waals surface area contributed by atoms with E-state index in [0.717, 1.165) is 27.6 Å². The number of fused-ring (bicyclic) bond motifs is 1. The van der Waals surface area contributed by atoms with Crippen LogP contribution in [0.5, 0.6) is 0 Å². The Kier molecular flexibility index (Phi) is 6.02. The van der Waals surface area contributed by atoms with Crippen molar-refractivity contribution in [2.45, 2.75) is 30.8 Å². The average molecular weight is 474 g/mol. The number of aryl methyl sites for hydroxylation is 1. The number of amides is 1. The molecule has 8 heteroatoms. The van der Waals surface area contributed by atoms with E-state index in [9.17, 15) is 4.79 Å².